The van der Waals surface area contributed by atoms with Crippen LogP contribution in [0.5, 0.6) is 5.75 Å². The zero-order chi connectivity index (χ0) is 14.7. The molecule has 22 heavy (non-hydrogen) atoms. The Morgan fingerprint density at radius 1 is 1.23 bits per heavy atom. The molecule has 1 aromatic carbocycles. The molecule has 0 bridgehead atoms. The van der Waals surface area contributed by atoms with Crippen LogP contribution in [0.4, 0.5) is 10.3 Å². The van der Waals surface area contributed by atoms with E-state index in [1.165, 1.54) is 19.2 Å². The van der Waals surface area contributed by atoms with Crippen LogP contribution in [-0.2, 0) is 0 Å². The molecular formula is C15H14ClFN4O. The molecule has 1 aromatic heterocycles. The quantitative estimate of drug-likeness (QED) is 0.872. The van der Waals surface area contributed by atoms with E-state index in [1.807, 2.05) is 17.2 Å². The zero-order valence-corrected chi connectivity index (χ0v) is 12.6. The summed E-state index contributed by atoms with van der Waals surface area (Å²) in [7, 11) is 1.50. The van der Waals surface area contributed by atoms with Gasteiger partial charge in [0.25, 0.3) is 0 Å². The molecule has 5 nitrogen and oxygen atoms in total. The predicted molar refractivity (Wildman–Crippen MR) is 86.2 cm³/mol. The molecule has 2 heterocycles. The number of allylic oxidation sites excluding steroid dienone is 1. The summed E-state index contributed by atoms with van der Waals surface area (Å²) in [6.45, 7) is 0.496. The number of rotatable bonds is 3. The lowest BCUT2D eigenvalue weighted by Gasteiger charge is -2.17. The molecule has 0 radical (unpaired) electrons. The smallest absolute Gasteiger partial charge is 0.230 e. The van der Waals surface area contributed by atoms with Crippen LogP contribution in [0.25, 0.3) is 11.1 Å². The number of hydrogen-bond acceptors (Lipinski definition) is 5. The van der Waals surface area contributed by atoms with Crippen molar-refractivity contribution in [2.45, 2.75) is 0 Å². The van der Waals surface area contributed by atoms with Crippen LogP contribution in [0.3, 0.4) is 0 Å². The van der Waals surface area contributed by atoms with Gasteiger partial charge in [0, 0.05) is 42.0 Å². The number of aromatic nitrogens is 2. The molecule has 2 aromatic rings. The second kappa shape index (κ2) is 7.00. The minimum Gasteiger partial charge on any atom is -0.496 e. The predicted octanol–water partition coefficient (Wildman–Crippen LogP) is 3.08. The number of benzene rings is 1. The van der Waals surface area contributed by atoms with Crippen molar-refractivity contribution in [2.75, 3.05) is 18.7 Å². The van der Waals surface area contributed by atoms with E-state index in [0.29, 0.717) is 18.4 Å². The van der Waals surface area contributed by atoms with Crippen LogP contribution in [0, 0.1) is 5.82 Å². The third-order valence-corrected chi connectivity index (χ3v) is 3.06. The number of aliphatic imine (C=N–C) groups is 1. The van der Waals surface area contributed by atoms with Crippen LogP contribution in [0.1, 0.15) is 0 Å². The molecule has 0 saturated carbocycles. The standard InChI is InChI=1S/C15H13FN4O.ClH/c1-21-14-7-12(16)3-4-13(14)11-8-18-15(19-9-11)20-6-2-5-17-10-20;/h2-9H,10H2,1H3;1H. The van der Waals surface area contributed by atoms with Crippen molar-refractivity contribution in [3.63, 3.8) is 0 Å². The van der Waals surface area contributed by atoms with Gasteiger partial charge in [-0.1, -0.05) is 0 Å². The summed E-state index contributed by atoms with van der Waals surface area (Å²) >= 11 is 0. The fraction of sp³-hybridized carbons (Fsp3) is 0.133. The zero-order valence-electron chi connectivity index (χ0n) is 11.8. The molecule has 0 spiro atoms. The second-order valence-corrected chi connectivity index (χ2v) is 4.40. The highest BCUT2D eigenvalue weighted by Gasteiger charge is 2.11. The second-order valence-electron chi connectivity index (χ2n) is 4.40. The van der Waals surface area contributed by atoms with Gasteiger partial charge in [-0.2, -0.15) is 0 Å². The van der Waals surface area contributed by atoms with Crippen molar-refractivity contribution in [3.8, 4) is 16.9 Å². The van der Waals surface area contributed by atoms with E-state index in [4.69, 9.17) is 4.74 Å². The molecule has 0 amide bonds. The Morgan fingerprint density at radius 2 is 2.00 bits per heavy atom. The van der Waals surface area contributed by atoms with Crippen molar-refractivity contribution in [2.24, 2.45) is 4.99 Å². The third-order valence-electron chi connectivity index (χ3n) is 3.06. The Kier molecular flexibility index (Phi) is 5.06. The summed E-state index contributed by atoms with van der Waals surface area (Å²) < 4.78 is 18.4. The van der Waals surface area contributed by atoms with Crippen LogP contribution < -0.4 is 9.64 Å². The number of halogens is 2. The van der Waals surface area contributed by atoms with E-state index in [9.17, 15) is 4.39 Å². The van der Waals surface area contributed by atoms with Crippen LogP contribution in [0.2, 0.25) is 0 Å². The number of methoxy groups -OCH3 is 1. The summed E-state index contributed by atoms with van der Waals surface area (Å²) in [6.07, 6.45) is 8.78. The fourth-order valence-corrected chi connectivity index (χ4v) is 2.03. The van der Waals surface area contributed by atoms with E-state index >= 15 is 0 Å². The Labute approximate surface area is 133 Å². The number of hydrogen-bond donors (Lipinski definition) is 0. The van der Waals surface area contributed by atoms with Gasteiger partial charge in [0.1, 0.15) is 18.2 Å². The Hall–Kier alpha value is -2.47. The third kappa shape index (κ3) is 3.23. The largest absolute Gasteiger partial charge is 0.496 e. The van der Waals surface area contributed by atoms with Crippen molar-refractivity contribution < 1.29 is 9.13 Å². The molecule has 0 N–H and O–H groups in total. The number of nitrogens with zero attached hydrogens (tertiary/aromatic N) is 4. The van der Waals surface area contributed by atoms with E-state index in [0.717, 1.165) is 11.1 Å². The minimum atomic E-state index is -0.343. The molecule has 0 fully saturated rings. The number of anilines is 1. The monoisotopic (exact) mass is 320 g/mol. The first-order valence-corrected chi connectivity index (χ1v) is 6.37. The fourth-order valence-electron chi connectivity index (χ4n) is 2.03. The SMILES string of the molecule is COc1cc(F)ccc1-c1cnc(N2C=CC=NC2)nc1.Cl. The molecule has 0 atom stereocenters. The van der Waals surface area contributed by atoms with Crippen molar-refractivity contribution in [3.05, 3.63) is 48.7 Å². The molecule has 114 valence electrons. The first-order chi connectivity index (χ1) is 10.3. The van der Waals surface area contributed by atoms with E-state index in [2.05, 4.69) is 15.0 Å². The van der Waals surface area contributed by atoms with Gasteiger partial charge in [0.05, 0.1) is 7.11 Å². The molecule has 7 heteroatoms. The molecule has 1 aliphatic heterocycles. The van der Waals surface area contributed by atoms with E-state index in [-0.39, 0.29) is 18.2 Å². The van der Waals surface area contributed by atoms with Gasteiger partial charge in [-0.25, -0.2) is 14.4 Å². The Balaban J connectivity index is 0.00000176. The molecule has 0 saturated heterocycles. The summed E-state index contributed by atoms with van der Waals surface area (Å²) in [6, 6.07) is 4.37. The van der Waals surface area contributed by atoms with Crippen LogP contribution in [0.15, 0.2) is 47.9 Å². The normalized spacial score (nSPS) is 12.9. The number of ether oxygens (including phenoxy) is 1. The molecule has 0 unspecified atom stereocenters. The maximum atomic E-state index is 13.2. The van der Waals surface area contributed by atoms with Gasteiger partial charge in [-0.3, -0.25) is 9.89 Å². The highest BCUT2D eigenvalue weighted by molar-refractivity contribution is 5.85. The average molecular weight is 321 g/mol. The van der Waals surface area contributed by atoms with Crippen LogP contribution in [-0.4, -0.2) is 30.0 Å². The van der Waals surface area contributed by atoms with Crippen molar-refractivity contribution >= 4 is 24.6 Å². The summed E-state index contributed by atoms with van der Waals surface area (Å²) in [5, 5.41) is 0. The Bertz CT molecular complexity index is 703. The molecule has 3 rings (SSSR count). The van der Waals surface area contributed by atoms with E-state index < -0.39 is 0 Å². The first kappa shape index (κ1) is 15.9. The lowest BCUT2D eigenvalue weighted by atomic mass is 10.1. The van der Waals surface area contributed by atoms with Crippen molar-refractivity contribution in [1.29, 1.82) is 0 Å². The van der Waals surface area contributed by atoms with Gasteiger partial charge >= 0.3 is 0 Å². The molecule has 0 aliphatic carbocycles. The first-order valence-electron chi connectivity index (χ1n) is 6.37. The Morgan fingerprint density at radius 3 is 2.64 bits per heavy atom. The van der Waals surface area contributed by atoms with Gasteiger partial charge in [0.2, 0.25) is 5.95 Å². The lowest BCUT2D eigenvalue weighted by molar-refractivity contribution is 0.413. The summed E-state index contributed by atoms with van der Waals surface area (Å²) in [5.74, 6) is 0.672. The summed E-state index contributed by atoms with van der Waals surface area (Å²) in [4.78, 5) is 14.6. The van der Waals surface area contributed by atoms with Gasteiger partial charge < -0.3 is 4.74 Å². The maximum Gasteiger partial charge on any atom is 0.230 e. The maximum absolute atomic E-state index is 13.2. The minimum absolute atomic E-state index is 0. The van der Waals surface area contributed by atoms with Gasteiger partial charge in [-0.05, 0) is 18.2 Å². The highest BCUT2D eigenvalue weighted by atomic mass is 35.5. The van der Waals surface area contributed by atoms with Crippen LogP contribution >= 0.6 is 12.4 Å². The lowest BCUT2D eigenvalue weighted by Crippen LogP contribution is -2.20. The topological polar surface area (TPSA) is 50.6 Å². The van der Waals surface area contributed by atoms with Gasteiger partial charge in [-0.15, -0.1) is 12.4 Å². The van der Waals surface area contributed by atoms with E-state index in [1.54, 1.807) is 24.7 Å². The highest BCUT2D eigenvalue weighted by Crippen LogP contribution is 2.30. The molecular weight excluding hydrogens is 307 g/mol. The van der Waals surface area contributed by atoms with Crippen molar-refractivity contribution in [1.82, 2.24) is 9.97 Å². The average Bonchev–Trinajstić information content (AvgIpc) is 2.56. The van der Waals surface area contributed by atoms with Gasteiger partial charge in [0.15, 0.2) is 0 Å². The molecule has 1 aliphatic rings. The summed E-state index contributed by atoms with van der Waals surface area (Å²) in [5.41, 5.74) is 1.51.